The van der Waals surface area contributed by atoms with Crippen molar-refractivity contribution >= 4 is 11.9 Å². The number of aliphatic hydroxyl groups excluding tert-OH is 1. The first kappa shape index (κ1) is 39.6. The van der Waals surface area contributed by atoms with Crippen molar-refractivity contribution in [2.75, 3.05) is 13.2 Å². The number of aliphatic hydroxyl groups is 1. The van der Waals surface area contributed by atoms with Crippen molar-refractivity contribution in [3.05, 3.63) is 12.2 Å². The molecule has 1 atom stereocenters. The predicted molar refractivity (Wildman–Crippen MR) is 173 cm³/mol. The second kappa shape index (κ2) is 33.1. The minimum Gasteiger partial charge on any atom is -0.462 e. The van der Waals surface area contributed by atoms with Gasteiger partial charge in [0.2, 0.25) is 0 Å². The second-order valence-electron chi connectivity index (χ2n) is 12.0. The molecule has 0 radical (unpaired) electrons. The quantitative estimate of drug-likeness (QED) is 0.0487. The highest BCUT2D eigenvalue weighted by Crippen LogP contribution is 2.13. The fraction of sp³-hybridized carbons (Fsp3) is 0.889. The third-order valence-electron chi connectivity index (χ3n) is 7.81. The van der Waals surface area contributed by atoms with E-state index in [0.717, 1.165) is 44.9 Å². The molecule has 0 aromatic heterocycles. The third kappa shape index (κ3) is 31.4. The van der Waals surface area contributed by atoms with Crippen LogP contribution in [0.1, 0.15) is 187 Å². The van der Waals surface area contributed by atoms with E-state index in [1.54, 1.807) is 0 Å². The molecule has 0 rings (SSSR count). The average molecular weight is 581 g/mol. The van der Waals surface area contributed by atoms with Gasteiger partial charge in [0.15, 0.2) is 6.10 Å². The Labute approximate surface area is 254 Å². The molecular formula is C36H68O5. The zero-order chi connectivity index (χ0) is 30.1. The van der Waals surface area contributed by atoms with Crippen LogP contribution >= 0.6 is 0 Å². The van der Waals surface area contributed by atoms with Gasteiger partial charge in [0.1, 0.15) is 6.61 Å². The van der Waals surface area contributed by atoms with Gasteiger partial charge >= 0.3 is 11.9 Å². The molecule has 1 N–H and O–H groups in total. The van der Waals surface area contributed by atoms with E-state index >= 15 is 0 Å². The SMILES string of the molecule is CCCCCCCC/C=C\CCCCCCCC(=O)O[C@@H](CO)COC(=O)CCCCCCCCCCCCCC. The maximum atomic E-state index is 12.1. The predicted octanol–water partition coefficient (Wildman–Crippen LogP) is 10.6. The number of unbranched alkanes of at least 4 members (excludes halogenated alkanes) is 22. The minimum atomic E-state index is -0.767. The van der Waals surface area contributed by atoms with Crippen molar-refractivity contribution in [2.45, 2.75) is 193 Å². The molecule has 41 heavy (non-hydrogen) atoms. The number of carbonyl (C=O) groups is 2. The van der Waals surface area contributed by atoms with Crippen LogP contribution in [0.4, 0.5) is 0 Å². The van der Waals surface area contributed by atoms with E-state index < -0.39 is 6.10 Å². The number of allylic oxidation sites excluding steroid dienone is 2. The van der Waals surface area contributed by atoms with Crippen LogP contribution in [0.2, 0.25) is 0 Å². The summed E-state index contributed by atoms with van der Waals surface area (Å²) in [5, 5.41) is 9.51. The highest BCUT2D eigenvalue weighted by atomic mass is 16.6. The van der Waals surface area contributed by atoms with Gasteiger partial charge in [-0.25, -0.2) is 0 Å². The highest BCUT2D eigenvalue weighted by molar-refractivity contribution is 5.70. The number of esters is 2. The van der Waals surface area contributed by atoms with Crippen LogP contribution in [0.5, 0.6) is 0 Å². The number of hydrogen-bond donors (Lipinski definition) is 1. The van der Waals surface area contributed by atoms with Crippen LogP contribution in [0.3, 0.4) is 0 Å². The highest BCUT2D eigenvalue weighted by Gasteiger charge is 2.16. The Balaban J connectivity index is 3.56. The van der Waals surface area contributed by atoms with E-state index in [-0.39, 0.29) is 25.2 Å². The topological polar surface area (TPSA) is 72.8 Å². The van der Waals surface area contributed by atoms with E-state index in [1.165, 1.54) is 116 Å². The lowest BCUT2D eigenvalue weighted by atomic mass is 10.0. The molecule has 242 valence electrons. The van der Waals surface area contributed by atoms with Crippen LogP contribution in [-0.2, 0) is 19.1 Å². The molecule has 5 heteroatoms. The summed E-state index contributed by atoms with van der Waals surface area (Å²) in [6, 6.07) is 0. The molecular weight excluding hydrogens is 512 g/mol. The van der Waals surface area contributed by atoms with Gasteiger partial charge in [0, 0.05) is 12.8 Å². The number of carbonyl (C=O) groups excluding carboxylic acids is 2. The van der Waals surface area contributed by atoms with Crippen molar-refractivity contribution in [1.29, 1.82) is 0 Å². The zero-order valence-corrected chi connectivity index (χ0v) is 27.3. The first-order chi connectivity index (χ1) is 20.1. The summed E-state index contributed by atoms with van der Waals surface area (Å²) >= 11 is 0. The van der Waals surface area contributed by atoms with Gasteiger partial charge in [0.05, 0.1) is 6.61 Å². The van der Waals surface area contributed by atoms with Crippen molar-refractivity contribution in [3.8, 4) is 0 Å². The van der Waals surface area contributed by atoms with Gasteiger partial charge in [-0.3, -0.25) is 9.59 Å². The fourth-order valence-corrected chi connectivity index (χ4v) is 5.08. The van der Waals surface area contributed by atoms with E-state index in [9.17, 15) is 14.7 Å². The Bertz CT molecular complexity index is 589. The Morgan fingerprint density at radius 1 is 0.537 bits per heavy atom. The first-order valence-corrected chi connectivity index (χ1v) is 17.7. The molecule has 0 unspecified atom stereocenters. The molecule has 0 aliphatic rings. The molecule has 0 heterocycles. The number of rotatable bonds is 32. The Kier molecular flexibility index (Phi) is 32.0. The normalized spacial score (nSPS) is 12.2. The molecule has 0 aromatic carbocycles. The standard InChI is InChI=1S/C36H68O5/c1-3-5-7-9-11-13-15-17-18-19-21-23-25-27-29-31-36(39)41-34(32-37)33-40-35(38)30-28-26-24-22-20-16-14-12-10-8-6-4-2/h17-18,34,37H,3-16,19-33H2,1-2H3/b18-17-/t34-/m0/s1. The van der Waals surface area contributed by atoms with Crippen LogP contribution < -0.4 is 0 Å². The molecule has 0 saturated carbocycles. The first-order valence-electron chi connectivity index (χ1n) is 17.7. The smallest absolute Gasteiger partial charge is 0.306 e. The summed E-state index contributed by atoms with van der Waals surface area (Å²) in [5.74, 6) is -0.595. The minimum absolute atomic E-state index is 0.0638. The van der Waals surface area contributed by atoms with E-state index in [0.29, 0.717) is 12.8 Å². The van der Waals surface area contributed by atoms with Crippen LogP contribution in [-0.4, -0.2) is 36.4 Å². The van der Waals surface area contributed by atoms with Gasteiger partial charge in [0.25, 0.3) is 0 Å². The lowest BCUT2D eigenvalue weighted by Gasteiger charge is -2.15. The Hall–Kier alpha value is -1.36. The Morgan fingerprint density at radius 3 is 1.32 bits per heavy atom. The van der Waals surface area contributed by atoms with Crippen molar-refractivity contribution < 1.29 is 24.2 Å². The molecule has 0 aromatic rings. The molecule has 0 amide bonds. The van der Waals surface area contributed by atoms with Crippen LogP contribution in [0, 0.1) is 0 Å². The zero-order valence-electron chi connectivity index (χ0n) is 27.3. The molecule has 0 spiro atoms. The maximum Gasteiger partial charge on any atom is 0.306 e. The number of ether oxygens (including phenoxy) is 2. The van der Waals surface area contributed by atoms with Crippen LogP contribution in [0.15, 0.2) is 12.2 Å². The molecule has 0 bridgehead atoms. The van der Waals surface area contributed by atoms with Gasteiger partial charge in [-0.1, -0.05) is 148 Å². The molecule has 0 saturated heterocycles. The fourth-order valence-electron chi connectivity index (χ4n) is 5.08. The molecule has 5 nitrogen and oxygen atoms in total. The summed E-state index contributed by atoms with van der Waals surface area (Å²) in [5.41, 5.74) is 0. The average Bonchev–Trinajstić information content (AvgIpc) is 2.97. The van der Waals surface area contributed by atoms with Crippen molar-refractivity contribution in [3.63, 3.8) is 0 Å². The van der Waals surface area contributed by atoms with Crippen LogP contribution in [0.25, 0.3) is 0 Å². The summed E-state index contributed by atoms with van der Waals surface area (Å²) in [7, 11) is 0. The van der Waals surface area contributed by atoms with Crippen molar-refractivity contribution in [1.82, 2.24) is 0 Å². The Morgan fingerprint density at radius 2 is 0.902 bits per heavy atom. The largest absolute Gasteiger partial charge is 0.462 e. The molecule has 0 aliphatic heterocycles. The molecule has 0 fully saturated rings. The van der Waals surface area contributed by atoms with E-state index in [1.807, 2.05) is 0 Å². The van der Waals surface area contributed by atoms with Gasteiger partial charge in [-0.05, 0) is 38.5 Å². The number of hydrogen-bond acceptors (Lipinski definition) is 5. The maximum absolute atomic E-state index is 12.1. The summed E-state index contributed by atoms with van der Waals surface area (Å²) in [6.07, 6.45) is 35.5. The second-order valence-corrected chi connectivity index (χ2v) is 12.0. The lowest BCUT2D eigenvalue weighted by molar-refractivity contribution is -0.161. The van der Waals surface area contributed by atoms with Gasteiger partial charge in [-0.15, -0.1) is 0 Å². The van der Waals surface area contributed by atoms with E-state index in [2.05, 4.69) is 26.0 Å². The summed E-state index contributed by atoms with van der Waals surface area (Å²) < 4.78 is 10.6. The lowest BCUT2D eigenvalue weighted by Crippen LogP contribution is -2.28. The van der Waals surface area contributed by atoms with Gasteiger partial charge in [-0.2, -0.15) is 0 Å². The third-order valence-corrected chi connectivity index (χ3v) is 7.81. The molecule has 0 aliphatic carbocycles. The van der Waals surface area contributed by atoms with Gasteiger partial charge < -0.3 is 14.6 Å². The summed E-state index contributed by atoms with van der Waals surface area (Å²) in [6.45, 7) is 4.12. The van der Waals surface area contributed by atoms with Crippen molar-refractivity contribution in [2.24, 2.45) is 0 Å². The summed E-state index contributed by atoms with van der Waals surface area (Å²) in [4.78, 5) is 24.1. The monoisotopic (exact) mass is 581 g/mol. The van der Waals surface area contributed by atoms with E-state index in [4.69, 9.17) is 9.47 Å².